The Labute approximate surface area is 127 Å². The summed E-state index contributed by atoms with van der Waals surface area (Å²) in [6.45, 7) is 5.13. The van der Waals surface area contributed by atoms with Gasteiger partial charge in [0.05, 0.1) is 0 Å². The maximum absolute atomic E-state index is 12.5. The van der Waals surface area contributed by atoms with Crippen LogP contribution in [-0.2, 0) is 10.2 Å². The fourth-order valence-corrected chi connectivity index (χ4v) is 3.80. The molecule has 0 amide bonds. The number of hydrogen-bond donors (Lipinski definition) is 0. The van der Waals surface area contributed by atoms with Crippen LogP contribution >= 0.6 is 0 Å². The molecule has 1 aliphatic heterocycles. The number of piperazine rings is 1. The molecule has 7 heteroatoms. The summed E-state index contributed by atoms with van der Waals surface area (Å²) in [5, 5.41) is 0. The van der Waals surface area contributed by atoms with Crippen molar-refractivity contribution < 1.29 is 8.42 Å². The number of hydrogen-bond acceptors (Lipinski definition) is 4. The van der Waals surface area contributed by atoms with Crippen molar-refractivity contribution in [1.82, 2.24) is 13.6 Å². The first-order valence-corrected chi connectivity index (χ1v) is 8.81. The van der Waals surface area contributed by atoms with E-state index in [0.29, 0.717) is 32.7 Å². The Bertz CT molecular complexity index is 527. The molecule has 0 atom stereocenters. The molecule has 0 aliphatic carbocycles. The number of aromatic nitrogens is 1. The van der Waals surface area contributed by atoms with Crippen molar-refractivity contribution in [2.45, 2.75) is 19.8 Å². The van der Waals surface area contributed by atoms with E-state index in [9.17, 15) is 8.42 Å². The van der Waals surface area contributed by atoms with Crippen LogP contribution in [0.25, 0.3) is 0 Å². The first kappa shape index (κ1) is 16.2. The normalized spacial score (nSPS) is 17.4. The number of nitrogens with zero attached hydrogens (tertiary/aromatic N) is 4. The predicted octanol–water partition coefficient (Wildman–Crippen LogP) is 1.18. The number of rotatable bonds is 6. The zero-order valence-corrected chi connectivity index (χ0v) is 13.6. The van der Waals surface area contributed by atoms with E-state index in [4.69, 9.17) is 0 Å². The minimum atomic E-state index is -3.31. The van der Waals surface area contributed by atoms with Gasteiger partial charge in [-0.3, -0.25) is 4.98 Å². The lowest BCUT2D eigenvalue weighted by Crippen LogP contribution is -2.52. The lowest BCUT2D eigenvalue weighted by Gasteiger charge is -2.36. The van der Waals surface area contributed by atoms with Crippen molar-refractivity contribution in [3.8, 4) is 0 Å². The van der Waals surface area contributed by atoms with Gasteiger partial charge in [0.25, 0.3) is 10.2 Å². The lowest BCUT2D eigenvalue weighted by molar-refractivity contribution is 0.341. The van der Waals surface area contributed by atoms with E-state index < -0.39 is 10.2 Å². The van der Waals surface area contributed by atoms with Gasteiger partial charge in [-0.25, -0.2) is 0 Å². The van der Waals surface area contributed by atoms with Gasteiger partial charge in [0.15, 0.2) is 0 Å². The van der Waals surface area contributed by atoms with Gasteiger partial charge in [-0.2, -0.15) is 17.0 Å². The Morgan fingerprint density at radius 3 is 2.38 bits per heavy atom. The van der Waals surface area contributed by atoms with E-state index in [1.807, 2.05) is 12.1 Å². The molecule has 1 aromatic heterocycles. The predicted molar refractivity (Wildman–Crippen MR) is 84.5 cm³/mol. The molecule has 1 saturated heterocycles. The highest BCUT2D eigenvalue weighted by Crippen LogP contribution is 2.17. The maximum atomic E-state index is 12.5. The molecule has 0 unspecified atom stereocenters. The highest BCUT2D eigenvalue weighted by molar-refractivity contribution is 7.86. The molecule has 1 fully saturated rings. The summed E-state index contributed by atoms with van der Waals surface area (Å²) >= 11 is 0. The molecule has 0 radical (unpaired) electrons. The van der Waals surface area contributed by atoms with Gasteiger partial charge in [0.1, 0.15) is 0 Å². The molecule has 0 bridgehead atoms. The number of unbranched alkanes of at least 4 members (excludes halogenated alkanes) is 1. The Morgan fingerprint density at radius 2 is 1.81 bits per heavy atom. The number of pyridine rings is 1. The third-order valence-electron chi connectivity index (χ3n) is 3.81. The summed E-state index contributed by atoms with van der Waals surface area (Å²) in [7, 11) is -1.65. The van der Waals surface area contributed by atoms with Crippen LogP contribution in [0.3, 0.4) is 0 Å². The fraction of sp³-hybridized carbons (Fsp3) is 0.643. The zero-order valence-electron chi connectivity index (χ0n) is 12.8. The molecule has 0 spiro atoms. The molecule has 0 aromatic carbocycles. The molecule has 0 saturated carbocycles. The highest BCUT2D eigenvalue weighted by atomic mass is 32.2. The van der Waals surface area contributed by atoms with Gasteiger partial charge in [-0.15, -0.1) is 0 Å². The molecular weight excluding hydrogens is 288 g/mol. The van der Waals surface area contributed by atoms with E-state index in [2.05, 4.69) is 16.8 Å². The molecule has 2 rings (SSSR count). The van der Waals surface area contributed by atoms with Crippen molar-refractivity contribution in [2.75, 3.05) is 44.7 Å². The second-order valence-corrected chi connectivity index (χ2v) is 7.31. The van der Waals surface area contributed by atoms with Crippen LogP contribution in [0.1, 0.15) is 19.8 Å². The highest BCUT2D eigenvalue weighted by Gasteiger charge is 2.29. The van der Waals surface area contributed by atoms with Gasteiger partial charge >= 0.3 is 0 Å². The summed E-state index contributed by atoms with van der Waals surface area (Å²) in [6, 6.07) is 3.91. The van der Waals surface area contributed by atoms with Crippen molar-refractivity contribution >= 4 is 15.9 Å². The van der Waals surface area contributed by atoms with E-state index in [-0.39, 0.29) is 0 Å². The molecule has 2 heterocycles. The summed E-state index contributed by atoms with van der Waals surface area (Å²) < 4.78 is 28.0. The molecule has 118 valence electrons. The van der Waals surface area contributed by atoms with Gasteiger partial charge in [-0.1, -0.05) is 13.3 Å². The van der Waals surface area contributed by atoms with Crippen LogP contribution in [0, 0.1) is 0 Å². The smallest absolute Gasteiger partial charge is 0.281 e. The van der Waals surface area contributed by atoms with Crippen LogP contribution in [0.5, 0.6) is 0 Å². The van der Waals surface area contributed by atoms with Gasteiger partial charge in [-0.05, 0) is 18.6 Å². The van der Waals surface area contributed by atoms with Crippen molar-refractivity contribution in [3.63, 3.8) is 0 Å². The zero-order chi connectivity index (χ0) is 15.3. The Hall–Kier alpha value is -1.18. The average Bonchev–Trinajstić information content (AvgIpc) is 2.53. The van der Waals surface area contributed by atoms with Crippen LogP contribution in [-0.4, -0.2) is 61.8 Å². The standard InChI is InChI=1S/C14H24N4O2S/c1-3-4-9-16(2)21(19,20)18-12-10-17(11-13-18)14-5-7-15-8-6-14/h5-8H,3-4,9-13H2,1-2H3. The monoisotopic (exact) mass is 312 g/mol. The summed E-state index contributed by atoms with van der Waals surface area (Å²) in [5.41, 5.74) is 1.10. The third-order valence-corrected chi connectivity index (χ3v) is 5.80. The second-order valence-electron chi connectivity index (χ2n) is 5.27. The van der Waals surface area contributed by atoms with Crippen LogP contribution in [0.4, 0.5) is 5.69 Å². The minimum absolute atomic E-state index is 0.529. The van der Waals surface area contributed by atoms with E-state index >= 15 is 0 Å². The molecule has 1 aromatic rings. The van der Waals surface area contributed by atoms with Gasteiger partial charge < -0.3 is 4.90 Å². The van der Waals surface area contributed by atoms with E-state index in [0.717, 1.165) is 18.5 Å². The van der Waals surface area contributed by atoms with Crippen LogP contribution in [0.15, 0.2) is 24.5 Å². The second kappa shape index (κ2) is 7.20. The van der Waals surface area contributed by atoms with E-state index in [1.165, 1.54) is 4.31 Å². The molecule has 0 N–H and O–H groups in total. The average molecular weight is 312 g/mol. The molecule has 1 aliphatic rings. The van der Waals surface area contributed by atoms with Gasteiger partial charge in [0.2, 0.25) is 0 Å². The Kier molecular flexibility index (Phi) is 5.55. The first-order chi connectivity index (χ1) is 10.1. The lowest BCUT2D eigenvalue weighted by atomic mass is 10.3. The van der Waals surface area contributed by atoms with Crippen molar-refractivity contribution in [3.05, 3.63) is 24.5 Å². The summed E-state index contributed by atoms with van der Waals surface area (Å²) in [4.78, 5) is 6.20. The minimum Gasteiger partial charge on any atom is -0.369 e. The SMILES string of the molecule is CCCCN(C)S(=O)(=O)N1CCN(c2ccncc2)CC1. The van der Waals surface area contributed by atoms with Gasteiger partial charge in [0, 0.05) is 57.9 Å². The maximum Gasteiger partial charge on any atom is 0.281 e. The fourth-order valence-electron chi connectivity index (χ4n) is 2.43. The Morgan fingerprint density at radius 1 is 1.19 bits per heavy atom. The molecular formula is C14H24N4O2S. The molecule has 21 heavy (non-hydrogen) atoms. The first-order valence-electron chi connectivity index (χ1n) is 7.42. The third kappa shape index (κ3) is 3.93. The molecule has 6 nitrogen and oxygen atoms in total. The largest absolute Gasteiger partial charge is 0.369 e. The van der Waals surface area contributed by atoms with Crippen LogP contribution in [0.2, 0.25) is 0 Å². The summed E-state index contributed by atoms with van der Waals surface area (Å²) in [5.74, 6) is 0. The Balaban J connectivity index is 1.94. The quantitative estimate of drug-likeness (QED) is 0.791. The summed E-state index contributed by atoms with van der Waals surface area (Å²) in [6.07, 6.45) is 5.41. The van der Waals surface area contributed by atoms with Crippen molar-refractivity contribution in [1.29, 1.82) is 0 Å². The van der Waals surface area contributed by atoms with Crippen molar-refractivity contribution in [2.24, 2.45) is 0 Å². The van der Waals surface area contributed by atoms with Crippen LogP contribution < -0.4 is 4.90 Å². The number of anilines is 1. The topological polar surface area (TPSA) is 56.8 Å². The van der Waals surface area contributed by atoms with E-state index in [1.54, 1.807) is 23.7 Å².